The molecule has 1 fully saturated rings. The van der Waals surface area contributed by atoms with Crippen molar-refractivity contribution >= 4 is 16.5 Å². The molecule has 0 radical (unpaired) electrons. The van der Waals surface area contributed by atoms with Crippen molar-refractivity contribution in [2.75, 3.05) is 18.0 Å². The minimum Gasteiger partial charge on any atom is -0.391 e. The van der Waals surface area contributed by atoms with E-state index in [0.717, 1.165) is 23.1 Å². The highest BCUT2D eigenvalue weighted by Gasteiger charge is 2.30. The number of aliphatic hydroxyl groups excluding tert-OH is 1. The van der Waals surface area contributed by atoms with Gasteiger partial charge in [0.2, 0.25) is 0 Å². The van der Waals surface area contributed by atoms with Crippen LogP contribution >= 0.6 is 11.3 Å². The van der Waals surface area contributed by atoms with Crippen LogP contribution in [-0.2, 0) is 6.61 Å². The molecule has 1 heterocycles. The van der Waals surface area contributed by atoms with Crippen LogP contribution in [0.4, 0.5) is 5.13 Å². The first-order chi connectivity index (χ1) is 9.30. The molecular weight excluding hydrogens is 256 g/mol. The maximum absolute atomic E-state index is 9.49. The van der Waals surface area contributed by atoms with Gasteiger partial charge in [-0.1, -0.05) is 38.0 Å². The zero-order valence-corrected chi connectivity index (χ0v) is 13.0. The van der Waals surface area contributed by atoms with E-state index in [0.29, 0.717) is 5.92 Å². The Morgan fingerprint density at radius 1 is 1.21 bits per heavy atom. The molecular formula is C15H26N2OS. The van der Waals surface area contributed by atoms with Crippen LogP contribution in [0.3, 0.4) is 0 Å². The third-order valence-corrected chi connectivity index (χ3v) is 4.77. The summed E-state index contributed by atoms with van der Waals surface area (Å²) in [5, 5.41) is 10.6. The summed E-state index contributed by atoms with van der Waals surface area (Å²) in [5.74, 6) is 0.631. The lowest BCUT2D eigenvalue weighted by Gasteiger charge is -2.21. The molecule has 0 aromatic carbocycles. The maximum Gasteiger partial charge on any atom is 0.185 e. The van der Waals surface area contributed by atoms with Crippen molar-refractivity contribution in [3.8, 4) is 0 Å². The van der Waals surface area contributed by atoms with Gasteiger partial charge in [0.1, 0.15) is 0 Å². The van der Waals surface area contributed by atoms with Crippen LogP contribution < -0.4 is 4.90 Å². The first-order valence-electron chi connectivity index (χ1n) is 7.65. The fraction of sp³-hybridized carbons (Fsp3) is 0.800. The molecule has 0 saturated heterocycles. The molecule has 4 heteroatoms. The molecule has 108 valence electrons. The largest absolute Gasteiger partial charge is 0.391 e. The molecule has 0 unspecified atom stereocenters. The van der Waals surface area contributed by atoms with Gasteiger partial charge in [0.25, 0.3) is 0 Å². The van der Waals surface area contributed by atoms with Gasteiger partial charge in [-0.25, -0.2) is 4.98 Å². The number of aliphatic hydroxyl groups is 1. The van der Waals surface area contributed by atoms with Crippen molar-refractivity contribution in [2.45, 2.75) is 64.9 Å². The Labute approximate surface area is 120 Å². The van der Waals surface area contributed by atoms with Crippen molar-refractivity contribution < 1.29 is 5.11 Å². The Morgan fingerprint density at radius 3 is 2.32 bits per heavy atom. The molecule has 1 aliphatic rings. The first-order valence-corrected chi connectivity index (χ1v) is 8.47. The van der Waals surface area contributed by atoms with Crippen molar-refractivity contribution in [2.24, 2.45) is 0 Å². The molecule has 1 aliphatic carbocycles. The number of rotatable bonds is 9. The predicted octanol–water partition coefficient (Wildman–Crippen LogP) is 3.92. The van der Waals surface area contributed by atoms with Gasteiger partial charge >= 0.3 is 0 Å². The molecule has 1 aromatic heterocycles. The Morgan fingerprint density at radius 2 is 1.84 bits per heavy atom. The lowest BCUT2D eigenvalue weighted by Crippen LogP contribution is -2.25. The molecule has 0 spiro atoms. The second-order valence-electron chi connectivity index (χ2n) is 5.43. The lowest BCUT2D eigenvalue weighted by molar-refractivity contribution is 0.284. The van der Waals surface area contributed by atoms with Gasteiger partial charge in [0.05, 0.1) is 17.2 Å². The average Bonchev–Trinajstić information content (AvgIpc) is 3.19. The summed E-state index contributed by atoms with van der Waals surface area (Å²) in [5.41, 5.74) is 1.18. The third kappa shape index (κ3) is 3.93. The topological polar surface area (TPSA) is 36.4 Å². The number of unbranched alkanes of at least 4 members (excludes halogenated alkanes) is 2. The summed E-state index contributed by atoms with van der Waals surface area (Å²) in [6.45, 7) is 6.81. The monoisotopic (exact) mass is 282 g/mol. The van der Waals surface area contributed by atoms with E-state index in [4.69, 9.17) is 4.98 Å². The standard InChI is InChI=1S/C15H26N2OS/c1-3-5-9-17(10-6-4-2)15-16-14(12-7-8-12)13(11-18)19-15/h12,18H,3-11H2,1-2H3. The highest BCUT2D eigenvalue weighted by atomic mass is 32.1. The molecule has 3 nitrogen and oxygen atoms in total. The summed E-state index contributed by atoms with van der Waals surface area (Å²) in [6.07, 6.45) is 7.37. The van der Waals surface area contributed by atoms with Gasteiger partial charge in [-0.15, -0.1) is 0 Å². The van der Waals surface area contributed by atoms with E-state index in [9.17, 15) is 5.11 Å². The molecule has 19 heavy (non-hydrogen) atoms. The number of anilines is 1. The highest BCUT2D eigenvalue weighted by molar-refractivity contribution is 7.15. The summed E-state index contributed by atoms with van der Waals surface area (Å²) >= 11 is 1.70. The fourth-order valence-electron chi connectivity index (χ4n) is 2.28. The van der Waals surface area contributed by atoms with Gasteiger partial charge in [-0.3, -0.25) is 0 Å². The van der Waals surface area contributed by atoms with Gasteiger partial charge in [0, 0.05) is 19.0 Å². The molecule has 1 N–H and O–H groups in total. The minimum absolute atomic E-state index is 0.152. The fourth-order valence-corrected chi connectivity index (χ4v) is 3.33. The highest BCUT2D eigenvalue weighted by Crippen LogP contribution is 2.44. The van der Waals surface area contributed by atoms with Crippen LogP contribution in [0.1, 0.15) is 68.9 Å². The molecule has 0 bridgehead atoms. The van der Waals surface area contributed by atoms with E-state index in [1.54, 1.807) is 11.3 Å². The van der Waals surface area contributed by atoms with Crippen LogP contribution in [0.25, 0.3) is 0 Å². The number of aromatic nitrogens is 1. The van der Waals surface area contributed by atoms with Crippen molar-refractivity contribution in [3.63, 3.8) is 0 Å². The Hall–Kier alpha value is -0.610. The van der Waals surface area contributed by atoms with Gasteiger partial charge in [0.15, 0.2) is 5.13 Å². The molecule has 0 amide bonds. The molecule has 2 rings (SSSR count). The zero-order chi connectivity index (χ0) is 13.7. The lowest BCUT2D eigenvalue weighted by atomic mass is 10.2. The first kappa shape index (κ1) is 14.8. The minimum atomic E-state index is 0.152. The van der Waals surface area contributed by atoms with Gasteiger partial charge < -0.3 is 10.0 Å². The normalized spacial score (nSPS) is 14.9. The summed E-state index contributed by atoms with van der Waals surface area (Å²) in [4.78, 5) is 8.35. The van der Waals surface area contributed by atoms with Gasteiger partial charge in [-0.05, 0) is 25.7 Å². The molecule has 1 saturated carbocycles. The van der Waals surface area contributed by atoms with Crippen LogP contribution in [-0.4, -0.2) is 23.2 Å². The Bertz CT molecular complexity index is 379. The molecule has 1 aromatic rings. The smallest absolute Gasteiger partial charge is 0.185 e. The number of thiazole rings is 1. The number of hydrogen-bond donors (Lipinski definition) is 1. The summed E-state index contributed by atoms with van der Waals surface area (Å²) in [7, 11) is 0. The summed E-state index contributed by atoms with van der Waals surface area (Å²) < 4.78 is 0. The van der Waals surface area contributed by atoms with E-state index in [-0.39, 0.29) is 6.61 Å². The van der Waals surface area contributed by atoms with Crippen molar-refractivity contribution in [1.29, 1.82) is 0 Å². The van der Waals surface area contributed by atoms with Crippen LogP contribution in [0.2, 0.25) is 0 Å². The average molecular weight is 282 g/mol. The second-order valence-corrected chi connectivity index (χ2v) is 6.49. The van der Waals surface area contributed by atoms with Crippen LogP contribution in [0.15, 0.2) is 0 Å². The predicted molar refractivity (Wildman–Crippen MR) is 82.0 cm³/mol. The Kier molecular flexibility index (Phi) is 5.64. The number of nitrogens with zero attached hydrogens (tertiary/aromatic N) is 2. The maximum atomic E-state index is 9.49. The SMILES string of the molecule is CCCCN(CCCC)c1nc(C2CC2)c(CO)s1. The van der Waals surface area contributed by atoms with E-state index in [1.807, 2.05) is 0 Å². The summed E-state index contributed by atoms with van der Waals surface area (Å²) in [6, 6.07) is 0. The quantitative estimate of drug-likeness (QED) is 0.746. The van der Waals surface area contributed by atoms with Crippen LogP contribution in [0, 0.1) is 0 Å². The van der Waals surface area contributed by atoms with E-state index >= 15 is 0 Å². The zero-order valence-electron chi connectivity index (χ0n) is 12.2. The van der Waals surface area contributed by atoms with E-state index < -0.39 is 0 Å². The molecule has 0 atom stereocenters. The Balaban J connectivity index is 2.10. The van der Waals surface area contributed by atoms with Crippen molar-refractivity contribution in [1.82, 2.24) is 4.98 Å². The molecule has 0 aliphatic heterocycles. The van der Waals surface area contributed by atoms with E-state index in [2.05, 4.69) is 18.7 Å². The number of hydrogen-bond acceptors (Lipinski definition) is 4. The van der Waals surface area contributed by atoms with Gasteiger partial charge in [-0.2, -0.15) is 0 Å². The third-order valence-electron chi connectivity index (χ3n) is 3.66. The van der Waals surface area contributed by atoms with E-state index in [1.165, 1.54) is 44.2 Å². The second kappa shape index (κ2) is 7.25. The van der Waals surface area contributed by atoms with Crippen LogP contribution in [0.5, 0.6) is 0 Å². The van der Waals surface area contributed by atoms with Crippen molar-refractivity contribution in [3.05, 3.63) is 10.6 Å².